The van der Waals surface area contributed by atoms with Gasteiger partial charge in [-0.1, -0.05) is 11.6 Å². The minimum atomic E-state index is -3.19. The normalized spacial score (nSPS) is 24.3. The van der Waals surface area contributed by atoms with Crippen LogP contribution in [0.5, 0.6) is 11.5 Å². The fraction of sp³-hybridized carbons (Fsp3) is 0.526. The Labute approximate surface area is 160 Å². The third-order valence-electron chi connectivity index (χ3n) is 5.21. The number of amides is 1. The van der Waals surface area contributed by atoms with E-state index in [1.54, 1.807) is 11.0 Å². The number of rotatable bonds is 4. The van der Waals surface area contributed by atoms with E-state index in [1.807, 2.05) is 13.8 Å². The first-order valence-corrected chi connectivity index (χ1v) is 10.8. The molecule has 0 radical (unpaired) electrons. The molecule has 2 atom stereocenters. The summed E-state index contributed by atoms with van der Waals surface area (Å²) in [5.74, 6) is -0.0227. The van der Waals surface area contributed by atoms with Crippen LogP contribution in [-0.2, 0) is 9.84 Å². The lowest BCUT2D eigenvalue weighted by Gasteiger charge is -2.43. The van der Waals surface area contributed by atoms with E-state index in [1.165, 1.54) is 24.8 Å². The minimum absolute atomic E-state index is 0.0170. The molecule has 0 unspecified atom stereocenters. The van der Waals surface area contributed by atoms with Crippen molar-refractivity contribution in [2.75, 3.05) is 38.2 Å². The van der Waals surface area contributed by atoms with Gasteiger partial charge in [-0.3, -0.25) is 9.69 Å². The maximum Gasteiger partial charge on any atom is 0.254 e. The number of hydrogen-bond donors (Lipinski definition) is 1. The third-order valence-corrected chi connectivity index (χ3v) is 6.91. The molecular formula is C19H26N2O5S. The zero-order chi connectivity index (χ0) is 19.8. The molecule has 2 aliphatic rings. The van der Waals surface area contributed by atoms with E-state index >= 15 is 0 Å². The quantitative estimate of drug-likeness (QED) is 0.775. The Hall–Kier alpha value is -2.06. The Morgan fingerprint density at radius 2 is 1.96 bits per heavy atom. The molecule has 1 amide bonds. The molecule has 148 valence electrons. The highest BCUT2D eigenvalue weighted by Gasteiger charge is 2.47. The Bertz CT molecular complexity index is 861. The van der Waals surface area contributed by atoms with Gasteiger partial charge in [0.1, 0.15) is 0 Å². The van der Waals surface area contributed by atoms with E-state index in [2.05, 4.69) is 11.0 Å². The highest BCUT2D eigenvalue weighted by molar-refractivity contribution is 7.91. The number of fused-ring (bicyclic) bond motifs is 1. The summed E-state index contributed by atoms with van der Waals surface area (Å²) in [6.07, 6.45) is 2.08. The van der Waals surface area contributed by atoms with Crippen molar-refractivity contribution in [3.63, 3.8) is 0 Å². The van der Waals surface area contributed by atoms with Crippen LogP contribution < -0.4 is 4.74 Å². The van der Waals surface area contributed by atoms with Gasteiger partial charge in [0.05, 0.1) is 24.7 Å². The Morgan fingerprint density at radius 3 is 2.59 bits per heavy atom. The molecular weight excluding hydrogens is 368 g/mol. The molecule has 1 aromatic carbocycles. The van der Waals surface area contributed by atoms with Crippen molar-refractivity contribution in [1.82, 2.24) is 9.80 Å². The number of aromatic hydroxyl groups is 1. The monoisotopic (exact) mass is 394 g/mol. The van der Waals surface area contributed by atoms with Crippen molar-refractivity contribution in [1.29, 1.82) is 0 Å². The number of benzene rings is 1. The second-order valence-corrected chi connectivity index (χ2v) is 9.53. The van der Waals surface area contributed by atoms with Gasteiger partial charge in [0.2, 0.25) is 0 Å². The van der Waals surface area contributed by atoms with Crippen molar-refractivity contribution in [2.24, 2.45) is 0 Å². The lowest BCUT2D eigenvalue weighted by molar-refractivity contribution is 0.0368. The second-order valence-electron chi connectivity index (χ2n) is 7.37. The number of piperazine rings is 1. The SMILES string of the molecule is COc1ccc(C(=O)N2CCN(CC=C(C)C)[C@@H]3CS(=O)(=O)C[C@@H]32)cc1O. The van der Waals surface area contributed by atoms with Crippen molar-refractivity contribution in [2.45, 2.75) is 25.9 Å². The van der Waals surface area contributed by atoms with Crippen LogP contribution in [0.25, 0.3) is 0 Å². The van der Waals surface area contributed by atoms with Crippen molar-refractivity contribution in [3.05, 3.63) is 35.4 Å². The molecule has 3 rings (SSSR count). The smallest absolute Gasteiger partial charge is 0.254 e. The molecule has 0 bridgehead atoms. The number of phenols is 1. The van der Waals surface area contributed by atoms with Crippen LogP contribution in [-0.4, -0.2) is 79.6 Å². The number of allylic oxidation sites excluding steroid dienone is 1. The zero-order valence-corrected chi connectivity index (χ0v) is 16.7. The fourth-order valence-electron chi connectivity index (χ4n) is 3.79. The fourth-order valence-corrected chi connectivity index (χ4v) is 5.80. The number of ether oxygens (including phenoxy) is 1. The minimum Gasteiger partial charge on any atom is -0.504 e. The van der Waals surface area contributed by atoms with Crippen LogP contribution in [0.2, 0.25) is 0 Å². The van der Waals surface area contributed by atoms with E-state index in [4.69, 9.17) is 4.74 Å². The van der Waals surface area contributed by atoms with Gasteiger partial charge in [0.15, 0.2) is 21.3 Å². The Morgan fingerprint density at radius 1 is 1.26 bits per heavy atom. The summed E-state index contributed by atoms with van der Waals surface area (Å²) in [5.41, 5.74) is 1.51. The first kappa shape index (κ1) is 19.7. The van der Waals surface area contributed by atoms with Gasteiger partial charge in [-0.15, -0.1) is 0 Å². The molecule has 0 aromatic heterocycles. The molecule has 2 fully saturated rings. The number of hydrogen-bond acceptors (Lipinski definition) is 6. The number of methoxy groups -OCH3 is 1. The Balaban J connectivity index is 1.85. The van der Waals surface area contributed by atoms with Gasteiger partial charge in [0, 0.05) is 31.2 Å². The topological polar surface area (TPSA) is 87.2 Å². The molecule has 2 heterocycles. The van der Waals surface area contributed by atoms with Crippen LogP contribution in [0.3, 0.4) is 0 Å². The summed E-state index contributed by atoms with van der Waals surface area (Å²) in [5, 5.41) is 9.97. The summed E-state index contributed by atoms with van der Waals surface area (Å²) in [4.78, 5) is 16.8. The standard InChI is InChI=1S/C19H26N2O5S/c1-13(2)6-7-20-8-9-21(16-12-27(24,25)11-15(16)20)19(23)14-4-5-18(26-3)17(22)10-14/h4-6,10,15-16,22H,7-9,11-12H2,1-3H3/t15-,16+/m1/s1. The molecule has 0 spiro atoms. The van der Waals surface area contributed by atoms with Crippen LogP contribution in [0, 0.1) is 0 Å². The summed E-state index contributed by atoms with van der Waals surface area (Å²) in [6, 6.07) is 3.93. The van der Waals surface area contributed by atoms with Crippen LogP contribution in [0.4, 0.5) is 0 Å². The van der Waals surface area contributed by atoms with Gasteiger partial charge in [-0.2, -0.15) is 0 Å². The summed E-state index contributed by atoms with van der Waals surface area (Å²) in [7, 11) is -1.75. The van der Waals surface area contributed by atoms with E-state index in [-0.39, 0.29) is 35.2 Å². The average molecular weight is 394 g/mol. The molecule has 7 nitrogen and oxygen atoms in total. The maximum absolute atomic E-state index is 13.0. The summed E-state index contributed by atoms with van der Waals surface area (Å²) < 4.78 is 29.6. The maximum atomic E-state index is 13.0. The molecule has 27 heavy (non-hydrogen) atoms. The second kappa shape index (κ2) is 7.52. The zero-order valence-electron chi connectivity index (χ0n) is 15.9. The predicted octanol–water partition coefficient (Wildman–Crippen LogP) is 1.29. The number of nitrogens with zero attached hydrogens (tertiary/aromatic N) is 2. The van der Waals surface area contributed by atoms with Gasteiger partial charge in [-0.25, -0.2) is 8.42 Å². The lowest BCUT2D eigenvalue weighted by Crippen LogP contribution is -2.60. The molecule has 2 aliphatic heterocycles. The van der Waals surface area contributed by atoms with E-state index < -0.39 is 9.84 Å². The molecule has 0 saturated carbocycles. The highest BCUT2D eigenvalue weighted by Crippen LogP contribution is 2.31. The van der Waals surface area contributed by atoms with Crippen molar-refractivity contribution < 1.29 is 23.1 Å². The third kappa shape index (κ3) is 4.11. The van der Waals surface area contributed by atoms with Crippen LogP contribution in [0.15, 0.2) is 29.8 Å². The van der Waals surface area contributed by atoms with Gasteiger partial charge < -0.3 is 14.7 Å². The highest BCUT2D eigenvalue weighted by atomic mass is 32.2. The van der Waals surface area contributed by atoms with Crippen molar-refractivity contribution >= 4 is 15.7 Å². The predicted molar refractivity (Wildman–Crippen MR) is 103 cm³/mol. The van der Waals surface area contributed by atoms with Crippen LogP contribution >= 0.6 is 0 Å². The number of sulfone groups is 1. The molecule has 2 saturated heterocycles. The van der Waals surface area contributed by atoms with E-state index in [9.17, 15) is 18.3 Å². The lowest BCUT2D eigenvalue weighted by atomic mass is 10.0. The number of phenolic OH excluding ortho intramolecular Hbond substituents is 1. The van der Waals surface area contributed by atoms with E-state index in [0.717, 1.165) is 0 Å². The van der Waals surface area contributed by atoms with Crippen molar-refractivity contribution in [3.8, 4) is 11.5 Å². The van der Waals surface area contributed by atoms with Gasteiger partial charge >= 0.3 is 0 Å². The molecule has 8 heteroatoms. The van der Waals surface area contributed by atoms with E-state index in [0.29, 0.717) is 30.9 Å². The molecule has 0 aliphatic carbocycles. The first-order chi connectivity index (χ1) is 12.7. The first-order valence-electron chi connectivity index (χ1n) is 8.97. The van der Waals surface area contributed by atoms with Crippen LogP contribution in [0.1, 0.15) is 24.2 Å². The Kier molecular flexibility index (Phi) is 5.48. The van der Waals surface area contributed by atoms with Gasteiger partial charge in [0.25, 0.3) is 5.91 Å². The summed E-state index contributed by atoms with van der Waals surface area (Å²) in [6.45, 7) is 5.79. The molecule has 1 aromatic rings. The number of carbonyl (C=O) groups is 1. The number of carbonyl (C=O) groups excluding carboxylic acids is 1. The average Bonchev–Trinajstić information content (AvgIpc) is 2.93. The van der Waals surface area contributed by atoms with Gasteiger partial charge in [-0.05, 0) is 32.0 Å². The largest absolute Gasteiger partial charge is 0.504 e. The molecule has 1 N–H and O–H groups in total. The summed E-state index contributed by atoms with van der Waals surface area (Å²) >= 11 is 0.